The Morgan fingerprint density at radius 2 is 1.75 bits per heavy atom. The van der Waals surface area contributed by atoms with Crippen LogP contribution in [0.5, 0.6) is 0 Å². The van der Waals surface area contributed by atoms with Crippen molar-refractivity contribution in [1.82, 2.24) is 4.90 Å². The normalized spacial score (nSPS) is 19.9. The number of hydrogen-bond acceptors (Lipinski definition) is 2. The van der Waals surface area contributed by atoms with Gasteiger partial charge in [-0.3, -0.25) is 4.79 Å². The van der Waals surface area contributed by atoms with Gasteiger partial charge in [0.2, 0.25) is 0 Å². The summed E-state index contributed by atoms with van der Waals surface area (Å²) in [5, 5.41) is 9.05. The molecule has 1 aliphatic rings. The van der Waals surface area contributed by atoms with E-state index in [9.17, 15) is 4.79 Å². The molecule has 1 heterocycles. The van der Waals surface area contributed by atoms with Gasteiger partial charge < -0.3 is 10.0 Å². The second kappa shape index (κ2) is 8.02. The number of aliphatic carboxylic acids is 1. The van der Waals surface area contributed by atoms with Gasteiger partial charge in [0.15, 0.2) is 0 Å². The predicted molar refractivity (Wildman–Crippen MR) is 83.9 cm³/mol. The van der Waals surface area contributed by atoms with Crippen molar-refractivity contribution < 1.29 is 9.90 Å². The zero-order chi connectivity index (χ0) is 15.2. The summed E-state index contributed by atoms with van der Waals surface area (Å²) in [4.78, 5) is 13.5. The van der Waals surface area contributed by atoms with Gasteiger partial charge in [-0.25, -0.2) is 0 Å². The Morgan fingerprint density at radius 3 is 2.15 bits per heavy atom. The number of likely N-dealkylation sites (tertiary alicyclic amines) is 1. The van der Waals surface area contributed by atoms with Crippen molar-refractivity contribution in [2.75, 3.05) is 19.6 Å². The third kappa shape index (κ3) is 5.43. The average Bonchev–Trinajstić information content (AvgIpc) is 2.25. The summed E-state index contributed by atoms with van der Waals surface area (Å²) in [7, 11) is 0. The van der Waals surface area contributed by atoms with Crippen molar-refractivity contribution in [3.63, 3.8) is 0 Å². The molecule has 3 nitrogen and oxygen atoms in total. The largest absolute Gasteiger partial charge is 0.481 e. The molecule has 1 saturated heterocycles. The molecule has 20 heavy (non-hydrogen) atoms. The van der Waals surface area contributed by atoms with Crippen LogP contribution in [0, 0.1) is 17.3 Å². The molecule has 0 aliphatic carbocycles. The fourth-order valence-electron chi connectivity index (χ4n) is 4.03. The molecule has 1 rings (SSSR count). The van der Waals surface area contributed by atoms with Gasteiger partial charge in [-0.05, 0) is 36.5 Å². The van der Waals surface area contributed by atoms with Gasteiger partial charge in [-0.2, -0.15) is 0 Å². The van der Waals surface area contributed by atoms with Crippen LogP contribution in [-0.4, -0.2) is 35.6 Å². The third-order valence-electron chi connectivity index (χ3n) is 4.46. The molecule has 0 amide bonds. The first-order valence-corrected chi connectivity index (χ1v) is 8.35. The Labute approximate surface area is 124 Å². The third-order valence-corrected chi connectivity index (χ3v) is 4.46. The summed E-state index contributed by atoms with van der Waals surface area (Å²) in [6.45, 7) is 12.2. The van der Waals surface area contributed by atoms with Crippen LogP contribution in [-0.2, 0) is 4.79 Å². The molecule has 1 unspecified atom stereocenters. The van der Waals surface area contributed by atoms with E-state index in [4.69, 9.17) is 5.11 Å². The van der Waals surface area contributed by atoms with E-state index < -0.39 is 5.97 Å². The van der Waals surface area contributed by atoms with Gasteiger partial charge in [-0.15, -0.1) is 0 Å². The lowest BCUT2D eigenvalue weighted by molar-refractivity contribution is -0.138. The Kier molecular flexibility index (Phi) is 7.01. The van der Waals surface area contributed by atoms with Crippen LogP contribution >= 0.6 is 0 Å². The summed E-state index contributed by atoms with van der Waals surface area (Å²) < 4.78 is 0. The predicted octanol–water partition coefficient (Wildman–Crippen LogP) is 4.03. The fraction of sp³-hybridized carbons (Fsp3) is 0.941. The highest BCUT2D eigenvalue weighted by molar-refractivity contribution is 5.67. The van der Waals surface area contributed by atoms with E-state index in [-0.39, 0.29) is 0 Å². The van der Waals surface area contributed by atoms with Gasteiger partial charge in [0.05, 0.1) is 0 Å². The van der Waals surface area contributed by atoms with E-state index in [1.807, 2.05) is 0 Å². The highest BCUT2D eigenvalue weighted by Gasteiger charge is 2.41. The van der Waals surface area contributed by atoms with Gasteiger partial charge in [-0.1, -0.05) is 40.5 Å². The molecule has 0 spiro atoms. The van der Waals surface area contributed by atoms with Crippen LogP contribution in [0.15, 0.2) is 0 Å². The summed E-state index contributed by atoms with van der Waals surface area (Å²) in [6.07, 6.45) is 6.52. The van der Waals surface area contributed by atoms with E-state index in [1.54, 1.807) is 0 Å². The summed E-state index contributed by atoms with van der Waals surface area (Å²) in [5.74, 6) is 0.245. The van der Waals surface area contributed by atoms with Crippen LogP contribution in [0.4, 0.5) is 0 Å². The first-order chi connectivity index (χ1) is 9.40. The lowest BCUT2D eigenvalue weighted by Crippen LogP contribution is -2.57. The quantitative estimate of drug-likeness (QED) is 0.658. The number of nitrogens with zero attached hydrogens (tertiary/aromatic N) is 1. The summed E-state index contributed by atoms with van der Waals surface area (Å²) in [5.41, 5.74) is 0.537. The number of hydrogen-bond donors (Lipinski definition) is 1. The Hall–Kier alpha value is -0.570. The Morgan fingerprint density at radius 1 is 1.20 bits per heavy atom. The van der Waals surface area contributed by atoms with Crippen molar-refractivity contribution in [3.8, 4) is 0 Å². The van der Waals surface area contributed by atoms with Crippen LogP contribution in [0.2, 0.25) is 0 Å². The monoisotopic (exact) mass is 283 g/mol. The molecule has 118 valence electrons. The van der Waals surface area contributed by atoms with Crippen molar-refractivity contribution in [3.05, 3.63) is 0 Å². The van der Waals surface area contributed by atoms with Crippen molar-refractivity contribution in [1.29, 1.82) is 0 Å². The minimum absolute atomic E-state index is 0.314. The first kappa shape index (κ1) is 17.5. The van der Waals surface area contributed by atoms with E-state index in [1.165, 1.54) is 38.8 Å². The second-order valence-electron chi connectivity index (χ2n) is 7.26. The molecule has 0 bridgehead atoms. The highest BCUT2D eigenvalue weighted by atomic mass is 16.4. The Balaban J connectivity index is 2.45. The lowest BCUT2D eigenvalue weighted by Gasteiger charge is -2.52. The lowest BCUT2D eigenvalue weighted by atomic mass is 9.72. The van der Waals surface area contributed by atoms with Crippen molar-refractivity contribution >= 4 is 5.97 Å². The maximum absolute atomic E-state index is 11.0. The van der Waals surface area contributed by atoms with Crippen LogP contribution in [0.25, 0.3) is 0 Å². The minimum Gasteiger partial charge on any atom is -0.481 e. The van der Waals surface area contributed by atoms with Gasteiger partial charge >= 0.3 is 5.97 Å². The highest BCUT2D eigenvalue weighted by Crippen LogP contribution is 2.40. The summed E-state index contributed by atoms with van der Waals surface area (Å²) >= 11 is 0. The number of carbonyl (C=O) groups is 1. The molecule has 0 saturated carbocycles. The van der Waals surface area contributed by atoms with E-state index >= 15 is 0 Å². The standard InChI is InChI=1S/C17H33NO2/c1-5-7-17(8-6-2)12-18(13-17)11-15(9-14(3)4)10-16(19)20/h14-15H,5-13H2,1-4H3,(H,19,20). The number of rotatable bonds is 10. The molecular formula is C17H33NO2. The van der Waals surface area contributed by atoms with Gasteiger partial charge in [0.25, 0.3) is 0 Å². The van der Waals surface area contributed by atoms with Crippen LogP contribution < -0.4 is 0 Å². The van der Waals surface area contributed by atoms with Gasteiger partial charge in [0, 0.05) is 26.1 Å². The molecule has 0 aromatic heterocycles. The van der Waals surface area contributed by atoms with E-state index in [0.29, 0.717) is 23.7 Å². The van der Waals surface area contributed by atoms with E-state index in [2.05, 4.69) is 32.6 Å². The summed E-state index contributed by atoms with van der Waals surface area (Å²) in [6, 6.07) is 0. The maximum atomic E-state index is 11.0. The van der Waals surface area contributed by atoms with Crippen molar-refractivity contribution in [2.45, 2.75) is 66.2 Å². The van der Waals surface area contributed by atoms with E-state index in [0.717, 1.165) is 13.0 Å². The average molecular weight is 283 g/mol. The topological polar surface area (TPSA) is 40.5 Å². The van der Waals surface area contributed by atoms with Crippen LogP contribution in [0.1, 0.15) is 66.2 Å². The fourth-order valence-corrected chi connectivity index (χ4v) is 4.03. The molecule has 1 atom stereocenters. The van der Waals surface area contributed by atoms with Gasteiger partial charge in [0.1, 0.15) is 0 Å². The van der Waals surface area contributed by atoms with Crippen LogP contribution in [0.3, 0.4) is 0 Å². The number of carboxylic acid groups (broad SMARTS) is 1. The Bertz CT molecular complexity index is 287. The molecule has 1 N–H and O–H groups in total. The molecule has 0 aromatic carbocycles. The van der Waals surface area contributed by atoms with Crippen molar-refractivity contribution in [2.24, 2.45) is 17.3 Å². The smallest absolute Gasteiger partial charge is 0.303 e. The minimum atomic E-state index is -0.649. The maximum Gasteiger partial charge on any atom is 0.303 e. The molecule has 1 aliphatic heterocycles. The first-order valence-electron chi connectivity index (χ1n) is 8.35. The molecule has 0 radical (unpaired) electrons. The molecular weight excluding hydrogens is 250 g/mol. The SMILES string of the molecule is CCCC1(CCC)CN(CC(CC(=O)O)CC(C)C)C1. The second-order valence-corrected chi connectivity index (χ2v) is 7.26. The molecule has 3 heteroatoms. The molecule has 0 aromatic rings. The zero-order valence-electron chi connectivity index (χ0n) is 13.8. The molecule has 1 fully saturated rings. The number of carboxylic acids is 1. The zero-order valence-corrected chi connectivity index (χ0v) is 13.8.